The molecule has 0 saturated carbocycles. The summed E-state index contributed by atoms with van der Waals surface area (Å²) in [4.78, 5) is 16.4. The SMILES string of the molecule is CC(C)(C)[C@H](C(=O)O)[C@H](Cc1ccc(N)nc1)c1nnnn1COCC[Si](C)(C)C. The second kappa shape index (κ2) is 9.65. The molecule has 166 valence electrons. The molecule has 3 N–H and O–H groups in total. The van der Waals surface area contributed by atoms with Crippen LogP contribution in [0.15, 0.2) is 18.3 Å². The fraction of sp³-hybridized carbons (Fsp3) is 0.650. The minimum absolute atomic E-state index is 0.194. The molecule has 0 unspecified atom stereocenters. The molecule has 9 nitrogen and oxygen atoms in total. The van der Waals surface area contributed by atoms with Gasteiger partial charge in [-0.15, -0.1) is 5.10 Å². The zero-order valence-electron chi connectivity index (χ0n) is 18.8. The number of nitrogens with zero attached hydrogens (tertiary/aromatic N) is 5. The van der Waals surface area contributed by atoms with E-state index in [1.807, 2.05) is 26.8 Å². The first-order valence-corrected chi connectivity index (χ1v) is 13.9. The van der Waals surface area contributed by atoms with Crippen LogP contribution >= 0.6 is 0 Å². The van der Waals surface area contributed by atoms with E-state index in [-0.39, 0.29) is 6.73 Å². The number of carboxylic acids is 1. The number of hydrogen-bond acceptors (Lipinski definition) is 7. The third-order valence-electron chi connectivity index (χ3n) is 5.01. The maximum atomic E-state index is 12.3. The van der Waals surface area contributed by atoms with Crippen LogP contribution in [0.3, 0.4) is 0 Å². The van der Waals surface area contributed by atoms with Crippen LogP contribution in [-0.2, 0) is 22.7 Å². The number of nitrogen functional groups attached to an aromatic ring is 1. The van der Waals surface area contributed by atoms with E-state index in [4.69, 9.17) is 10.5 Å². The van der Waals surface area contributed by atoms with Crippen LogP contribution in [0.1, 0.15) is 38.1 Å². The fourth-order valence-electron chi connectivity index (χ4n) is 3.41. The Hall–Kier alpha value is -2.33. The number of aromatic nitrogens is 5. The number of carboxylic acid groups (broad SMARTS) is 1. The molecular weight excluding hydrogens is 400 g/mol. The van der Waals surface area contributed by atoms with Gasteiger partial charge in [-0.25, -0.2) is 9.67 Å². The molecule has 0 bridgehead atoms. The van der Waals surface area contributed by atoms with E-state index in [1.165, 1.54) is 0 Å². The molecule has 2 heterocycles. The van der Waals surface area contributed by atoms with Crippen molar-refractivity contribution < 1.29 is 14.6 Å². The Kier molecular flexibility index (Phi) is 7.70. The average molecular weight is 435 g/mol. The highest BCUT2D eigenvalue weighted by Gasteiger charge is 2.41. The Balaban J connectivity index is 2.31. The Morgan fingerprint density at radius 2 is 2.00 bits per heavy atom. The maximum absolute atomic E-state index is 12.3. The first-order valence-electron chi connectivity index (χ1n) is 10.2. The van der Waals surface area contributed by atoms with Crippen LogP contribution in [0.4, 0.5) is 5.82 Å². The Bertz CT molecular complexity index is 826. The third-order valence-corrected chi connectivity index (χ3v) is 6.71. The van der Waals surface area contributed by atoms with Gasteiger partial charge in [0.2, 0.25) is 0 Å². The minimum Gasteiger partial charge on any atom is -0.481 e. The van der Waals surface area contributed by atoms with Gasteiger partial charge in [-0.1, -0.05) is 46.5 Å². The number of tetrazole rings is 1. The van der Waals surface area contributed by atoms with E-state index in [0.717, 1.165) is 11.6 Å². The number of rotatable bonds is 10. The van der Waals surface area contributed by atoms with Crippen molar-refractivity contribution in [2.45, 2.75) is 65.5 Å². The molecule has 2 aromatic heterocycles. The highest BCUT2D eigenvalue weighted by Crippen LogP contribution is 2.39. The lowest BCUT2D eigenvalue weighted by molar-refractivity contribution is -0.146. The Morgan fingerprint density at radius 1 is 1.30 bits per heavy atom. The van der Waals surface area contributed by atoms with Gasteiger partial charge in [0.25, 0.3) is 0 Å². The van der Waals surface area contributed by atoms with E-state index >= 15 is 0 Å². The summed E-state index contributed by atoms with van der Waals surface area (Å²) < 4.78 is 7.39. The van der Waals surface area contributed by atoms with Crippen molar-refractivity contribution in [3.63, 3.8) is 0 Å². The molecular formula is C20H34N6O3Si. The van der Waals surface area contributed by atoms with E-state index in [9.17, 15) is 9.90 Å². The van der Waals surface area contributed by atoms with Gasteiger partial charge in [0.1, 0.15) is 12.5 Å². The topological polar surface area (TPSA) is 129 Å². The number of nitrogens with two attached hydrogens (primary N) is 1. The first-order chi connectivity index (χ1) is 13.9. The van der Waals surface area contributed by atoms with Crippen molar-refractivity contribution in [3.05, 3.63) is 29.7 Å². The van der Waals surface area contributed by atoms with Crippen LogP contribution in [0.5, 0.6) is 0 Å². The molecule has 2 atom stereocenters. The number of carbonyl (C=O) groups is 1. The Morgan fingerprint density at radius 3 is 2.53 bits per heavy atom. The zero-order valence-corrected chi connectivity index (χ0v) is 19.8. The zero-order chi connectivity index (χ0) is 22.5. The van der Waals surface area contributed by atoms with Crippen molar-refractivity contribution in [1.82, 2.24) is 25.2 Å². The Labute approximate surface area is 179 Å². The van der Waals surface area contributed by atoms with Crippen LogP contribution in [-0.4, -0.2) is 50.9 Å². The van der Waals surface area contributed by atoms with E-state index < -0.39 is 31.3 Å². The molecule has 2 rings (SSSR count). The van der Waals surface area contributed by atoms with E-state index in [1.54, 1.807) is 16.9 Å². The summed E-state index contributed by atoms with van der Waals surface area (Å²) >= 11 is 0. The predicted octanol–water partition coefficient (Wildman–Crippen LogP) is 3.04. The quantitative estimate of drug-likeness (QED) is 0.431. The van der Waals surface area contributed by atoms with Gasteiger partial charge < -0.3 is 15.6 Å². The second-order valence-electron chi connectivity index (χ2n) is 9.97. The predicted molar refractivity (Wildman–Crippen MR) is 118 cm³/mol. The van der Waals surface area contributed by atoms with Crippen LogP contribution in [0, 0.1) is 11.3 Å². The lowest BCUT2D eigenvalue weighted by Gasteiger charge is -2.33. The van der Waals surface area contributed by atoms with E-state index in [2.05, 4.69) is 40.2 Å². The summed E-state index contributed by atoms with van der Waals surface area (Å²) in [6, 6.07) is 4.60. The lowest BCUT2D eigenvalue weighted by atomic mass is 9.71. The highest BCUT2D eigenvalue weighted by molar-refractivity contribution is 6.76. The lowest BCUT2D eigenvalue weighted by Crippen LogP contribution is -2.36. The molecule has 0 fully saturated rings. The number of pyridine rings is 1. The average Bonchev–Trinajstić information content (AvgIpc) is 3.06. The van der Waals surface area contributed by atoms with Crippen molar-refractivity contribution >= 4 is 19.9 Å². The molecule has 0 radical (unpaired) electrons. The first kappa shape index (κ1) is 23.9. The molecule has 0 amide bonds. The van der Waals surface area contributed by atoms with E-state index in [0.29, 0.717) is 24.7 Å². The number of aliphatic carboxylic acids is 1. The summed E-state index contributed by atoms with van der Waals surface area (Å²) in [5.74, 6) is -1.13. The molecule has 2 aromatic rings. The molecule has 0 spiro atoms. The number of hydrogen-bond donors (Lipinski definition) is 2. The maximum Gasteiger partial charge on any atom is 0.307 e. The van der Waals surface area contributed by atoms with Gasteiger partial charge in [0.15, 0.2) is 5.82 Å². The third kappa shape index (κ3) is 6.87. The van der Waals surface area contributed by atoms with Crippen molar-refractivity contribution in [1.29, 1.82) is 0 Å². The van der Waals surface area contributed by atoms with Crippen LogP contribution in [0.2, 0.25) is 25.7 Å². The molecule has 0 aliphatic heterocycles. The molecule has 0 saturated heterocycles. The molecule has 0 aliphatic carbocycles. The van der Waals surface area contributed by atoms with Gasteiger partial charge >= 0.3 is 5.97 Å². The number of anilines is 1. The van der Waals surface area contributed by atoms with Crippen LogP contribution < -0.4 is 5.73 Å². The summed E-state index contributed by atoms with van der Waals surface area (Å²) in [5, 5.41) is 22.1. The normalized spacial score (nSPS) is 14.5. The number of ether oxygens (including phenoxy) is 1. The van der Waals surface area contributed by atoms with Gasteiger partial charge in [-0.2, -0.15) is 0 Å². The smallest absolute Gasteiger partial charge is 0.307 e. The van der Waals surface area contributed by atoms with Gasteiger partial charge in [-0.3, -0.25) is 4.79 Å². The second-order valence-corrected chi connectivity index (χ2v) is 15.6. The van der Waals surface area contributed by atoms with Gasteiger partial charge in [0, 0.05) is 26.8 Å². The summed E-state index contributed by atoms with van der Waals surface area (Å²) in [7, 11) is -1.21. The summed E-state index contributed by atoms with van der Waals surface area (Å²) in [5.41, 5.74) is 6.06. The molecule has 0 aromatic carbocycles. The van der Waals surface area contributed by atoms with Gasteiger partial charge in [0.05, 0.1) is 5.92 Å². The van der Waals surface area contributed by atoms with Crippen LogP contribution in [0.25, 0.3) is 0 Å². The van der Waals surface area contributed by atoms with Crippen molar-refractivity contribution in [2.75, 3.05) is 12.3 Å². The molecule has 10 heteroatoms. The molecule has 0 aliphatic rings. The highest BCUT2D eigenvalue weighted by atomic mass is 28.3. The molecule has 30 heavy (non-hydrogen) atoms. The minimum atomic E-state index is -1.21. The standard InChI is InChI=1S/C20H34N6O3Si/c1-20(2,3)17(19(27)28)15(11-14-7-8-16(21)22-12-14)18-23-24-25-26(18)13-29-9-10-30(4,5)6/h7-8,12,15,17H,9-11,13H2,1-6H3,(H2,21,22)(H,27,28)/t15-,17-/m0/s1. The van der Waals surface area contributed by atoms with Crippen molar-refractivity contribution in [3.8, 4) is 0 Å². The monoisotopic (exact) mass is 434 g/mol. The summed E-state index contributed by atoms with van der Waals surface area (Å²) in [6.07, 6.45) is 2.10. The summed E-state index contributed by atoms with van der Waals surface area (Å²) in [6.45, 7) is 13.4. The van der Waals surface area contributed by atoms with Gasteiger partial charge in [-0.05, 0) is 39.9 Å². The van der Waals surface area contributed by atoms with Crippen molar-refractivity contribution in [2.24, 2.45) is 11.3 Å². The largest absolute Gasteiger partial charge is 0.481 e. The fourth-order valence-corrected chi connectivity index (χ4v) is 4.17.